The Hall–Kier alpha value is -3.61. The number of aryl methyl sites for hydroxylation is 1. The largest absolute Gasteiger partial charge is 0.497 e. The minimum Gasteiger partial charge on any atom is -0.497 e. The van der Waals surface area contributed by atoms with E-state index >= 15 is 0 Å². The van der Waals surface area contributed by atoms with E-state index in [9.17, 15) is 4.79 Å². The van der Waals surface area contributed by atoms with Crippen molar-refractivity contribution in [3.05, 3.63) is 66.1 Å². The van der Waals surface area contributed by atoms with Gasteiger partial charge in [-0.2, -0.15) is 0 Å². The number of nitrogens with zero attached hydrogens (tertiary/aromatic N) is 2. The molecule has 1 heterocycles. The summed E-state index contributed by atoms with van der Waals surface area (Å²) in [6.07, 6.45) is 0. The van der Waals surface area contributed by atoms with Crippen molar-refractivity contribution >= 4 is 23.1 Å². The number of carbonyl (C=O) groups excluding carboxylic acids is 1. The van der Waals surface area contributed by atoms with E-state index in [4.69, 9.17) is 9.47 Å². The summed E-state index contributed by atoms with van der Waals surface area (Å²) in [6.45, 7) is 1.73. The first-order chi connectivity index (χ1) is 13.1. The lowest BCUT2D eigenvalue weighted by atomic mass is 10.2. The average molecular weight is 364 g/mol. The topological polar surface area (TPSA) is 85.4 Å². The van der Waals surface area contributed by atoms with Gasteiger partial charge in [0.2, 0.25) is 0 Å². The Labute approximate surface area is 157 Å². The molecule has 0 aliphatic heterocycles. The monoisotopic (exact) mass is 364 g/mol. The van der Waals surface area contributed by atoms with Crippen LogP contribution >= 0.6 is 0 Å². The van der Waals surface area contributed by atoms with Crippen LogP contribution in [0.25, 0.3) is 0 Å². The molecular weight excluding hydrogens is 344 g/mol. The Morgan fingerprint density at radius 1 is 0.963 bits per heavy atom. The minimum atomic E-state index is -0.313. The molecule has 138 valence electrons. The standard InChI is InChI=1S/C20H20N4O3/c1-13-21-17(20(25)23-14-7-5-4-6-8-14)12-19(22-13)24-16-11-15(26-2)9-10-18(16)27-3/h4-12H,1-3H3,(H,23,25)(H,21,22,24). The number of anilines is 3. The fourth-order valence-electron chi connectivity index (χ4n) is 2.51. The van der Waals surface area contributed by atoms with Crippen molar-refractivity contribution in [3.63, 3.8) is 0 Å². The number of hydrogen-bond donors (Lipinski definition) is 2. The van der Waals surface area contributed by atoms with Gasteiger partial charge >= 0.3 is 0 Å². The van der Waals surface area contributed by atoms with Crippen LogP contribution in [0.2, 0.25) is 0 Å². The average Bonchev–Trinajstić information content (AvgIpc) is 2.68. The SMILES string of the molecule is COc1ccc(OC)c(Nc2cc(C(=O)Nc3ccccc3)nc(C)n2)c1. The van der Waals surface area contributed by atoms with Crippen molar-refractivity contribution in [2.45, 2.75) is 6.92 Å². The van der Waals surface area contributed by atoms with E-state index in [2.05, 4.69) is 20.6 Å². The summed E-state index contributed by atoms with van der Waals surface area (Å²) in [5.74, 6) is 1.94. The molecule has 0 radical (unpaired) electrons. The van der Waals surface area contributed by atoms with Crippen LogP contribution in [0, 0.1) is 6.92 Å². The lowest BCUT2D eigenvalue weighted by Gasteiger charge is -2.13. The second kappa shape index (κ2) is 8.18. The van der Waals surface area contributed by atoms with E-state index in [0.717, 1.165) is 0 Å². The first kappa shape index (κ1) is 18.2. The van der Waals surface area contributed by atoms with E-state index in [1.165, 1.54) is 0 Å². The van der Waals surface area contributed by atoms with Gasteiger partial charge in [-0.3, -0.25) is 4.79 Å². The fraction of sp³-hybridized carbons (Fsp3) is 0.150. The highest BCUT2D eigenvalue weighted by Crippen LogP contribution is 2.31. The van der Waals surface area contributed by atoms with E-state index in [0.29, 0.717) is 34.5 Å². The molecule has 0 unspecified atom stereocenters. The van der Waals surface area contributed by atoms with Crippen molar-refractivity contribution in [1.82, 2.24) is 9.97 Å². The van der Waals surface area contributed by atoms with Gasteiger partial charge in [0.05, 0.1) is 19.9 Å². The molecule has 27 heavy (non-hydrogen) atoms. The fourth-order valence-corrected chi connectivity index (χ4v) is 2.51. The Morgan fingerprint density at radius 3 is 2.44 bits per heavy atom. The molecule has 0 fully saturated rings. The molecule has 2 N–H and O–H groups in total. The number of benzene rings is 2. The third-order valence-corrected chi connectivity index (χ3v) is 3.77. The Bertz CT molecular complexity index is 945. The lowest BCUT2D eigenvalue weighted by Crippen LogP contribution is -2.15. The van der Waals surface area contributed by atoms with Crippen molar-refractivity contribution < 1.29 is 14.3 Å². The number of carbonyl (C=O) groups is 1. The highest BCUT2D eigenvalue weighted by Gasteiger charge is 2.13. The molecule has 0 spiro atoms. The number of amides is 1. The molecule has 0 atom stereocenters. The van der Waals surface area contributed by atoms with E-state index < -0.39 is 0 Å². The Kier molecular flexibility index (Phi) is 5.51. The maximum absolute atomic E-state index is 12.5. The molecule has 0 saturated carbocycles. The number of hydrogen-bond acceptors (Lipinski definition) is 6. The van der Waals surface area contributed by atoms with Crippen LogP contribution in [0.4, 0.5) is 17.2 Å². The van der Waals surface area contributed by atoms with Gasteiger partial charge in [0, 0.05) is 17.8 Å². The van der Waals surface area contributed by atoms with Gasteiger partial charge in [0.1, 0.15) is 28.8 Å². The second-order valence-corrected chi connectivity index (χ2v) is 5.70. The summed E-state index contributed by atoms with van der Waals surface area (Å²) in [4.78, 5) is 21.1. The summed E-state index contributed by atoms with van der Waals surface area (Å²) in [5, 5.41) is 5.98. The van der Waals surface area contributed by atoms with E-state index in [-0.39, 0.29) is 11.6 Å². The maximum atomic E-state index is 12.5. The molecule has 0 aliphatic rings. The summed E-state index contributed by atoms with van der Waals surface area (Å²) < 4.78 is 10.6. The van der Waals surface area contributed by atoms with Gasteiger partial charge < -0.3 is 20.1 Å². The Morgan fingerprint density at radius 2 is 1.74 bits per heavy atom. The summed E-state index contributed by atoms with van der Waals surface area (Å²) in [6, 6.07) is 16.2. The lowest BCUT2D eigenvalue weighted by molar-refractivity contribution is 0.102. The zero-order valence-corrected chi connectivity index (χ0v) is 15.3. The number of para-hydroxylation sites is 1. The summed E-state index contributed by atoms with van der Waals surface area (Å²) in [7, 11) is 3.17. The van der Waals surface area contributed by atoms with Crippen LogP contribution < -0.4 is 20.1 Å². The van der Waals surface area contributed by atoms with E-state index in [1.807, 2.05) is 30.3 Å². The third kappa shape index (κ3) is 4.52. The Balaban J connectivity index is 1.86. The van der Waals surface area contributed by atoms with Crippen LogP contribution in [0.15, 0.2) is 54.6 Å². The molecular formula is C20H20N4O3. The predicted octanol–water partition coefficient (Wildman–Crippen LogP) is 3.80. The van der Waals surface area contributed by atoms with Crippen LogP contribution in [0.1, 0.15) is 16.3 Å². The molecule has 3 rings (SSSR count). The number of methoxy groups -OCH3 is 2. The van der Waals surface area contributed by atoms with Crippen molar-refractivity contribution in [2.24, 2.45) is 0 Å². The first-order valence-electron chi connectivity index (χ1n) is 8.30. The molecule has 2 aromatic carbocycles. The molecule has 3 aromatic rings. The molecule has 0 aliphatic carbocycles. The summed E-state index contributed by atoms with van der Waals surface area (Å²) in [5.41, 5.74) is 1.63. The molecule has 1 aromatic heterocycles. The van der Waals surface area contributed by atoms with Gasteiger partial charge in [0.15, 0.2) is 0 Å². The molecule has 7 heteroatoms. The van der Waals surface area contributed by atoms with Gasteiger partial charge in [-0.05, 0) is 31.2 Å². The highest BCUT2D eigenvalue weighted by atomic mass is 16.5. The van der Waals surface area contributed by atoms with Crippen molar-refractivity contribution in [1.29, 1.82) is 0 Å². The molecule has 0 bridgehead atoms. The number of ether oxygens (including phenoxy) is 2. The van der Waals surface area contributed by atoms with Crippen LogP contribution in [0.3, 0.4) is 0 Å². The van der Waals surface area contributed by atoms with Gasteiger partial charge in [-0.1, -0.05) is 18.2 Å². The summed E-state index contributed by atoms with van der Waals surface area (Å²) >= 11 is 0. The van der Waals surface area contributed by atoms with Gasteiger partial charge in [-0.25, -0.2) is 9.97 Å². The molecule has 7 nitrogen and oxygen atoms in total. The molecule has 1 amide bonds. The molecule has 0 saturated heterocycles. The predicted molar refractivity (Wildman–Crippen MR) is 104 cm³/mol. The zero-order valence-electron chi connectivity index (χ0n) is 15.3. The minimum absolute atomic E-state index is 0.260. The van der Waals surface area contributed by atoms with E-state index in [1.54, 1.807) is 45.4 Å². The van der Waals surface area contributed by atoms with Crippen LogP contribution in [-0.4, -0.2) is 30.1 Å². The first-order valence-corrected chi connectivity index (χ1v) is 8.30. The number of nitrogens with one attached hydrogen (secondary N) is 2. The van der Waals surface area contributed by atoms with Gasteiger partial charge in [-0.15, -0.1) is 0 Å². The van der Waals surface area contributed by atoms with Gasteiger partial charge in [0.25, 0.3) is 5.91 Å². The second-order valence-electron chi connectivity index (χ2n) is 5.70. The van der Waals surface area contributed by atoms with Crippen LogP contribution in [0.5, 0.6) is 11.5 Å². The number of rotatable bonds is 6. The smallest absolute Gasteiger partial charge is 0.274 e. The third-order valence-electron chi connectivity index (χ3n) is 3.77. The van der Waals surface area contributed by atoms with Crippen molar-refractivity contribution in [2.75, 3.05) is 24.9 Å². The maximum Gasteiger partial charge on any atom is 0.274 e. The zero-order chi connectivity index (χ0) is 19.2. The highest BCUT2D eigenvalue weighted by molar-refractivity contribution is 6.03. The van der Waals surface area contributed by atoms with Crippen molar-refractivity contribution in [3.8, 4) is 11.5 Å². The quantitative estimate of drug-likeness (QED) is 0.692. The normalized spacial score (nSPS) is 10.2. The number of aromatic nitrogens is 2. The van der Waals surface area contributed by atoms with Crippen LogP contribution in [-0.2, 0) is 0 Å².